The second kappa shape index (κ2) is 4.44. The molecule has 0 aliphatic rings. The van der Waals surface area contributed by atoms with Gasteiger partial charge in [-0.2, -0.15) is 0 Å². The van der Waals surface area contributed by atoms with Gasteiger partial charge in [0.1, 0.15) is 17.7 Å². The van der Waals surface area contributed by atoms with E-state index in [0.29, 0.717) is 6.07 Å². The number of hydrogen-bond donors (Lipinski definition) is 1. The van der Waals surface area contributed by atoms with E-state index in [1.807, 2.05) is 0 Å². The number of aliphatic hydroxyl groups excluding tert-OH is 1. The van der Waals surface area contributed by atoms with Crippen LogP contribution in [0.15, 0.2) is 18.2 Å². The molecule has 1 N–H and O–H groups in total. The largest absolute Gasteiger partial charge is 0.385 e. The van der Waals surface area contributed by atoms with Crippen LogP contribution in [0, 0.1) is 11.6 Å². The lowest BCUT2D eigenvalue weighted by molar-refractivity contribution is -0.125. The maximum atomic E-state index is 13.0. The Morgan fingerprint density at radius 3 is 2.13 bits per heavy atom. The Labute approximate surface area is 84.3 Å². The second-order valence-electron chi connectivity index (χ2n) is 3.16. The zero-order valence-corrected chi connectivity index (χ0v) is 7.88. The normalized spacial score (nSPS) is 14.7. The fraction of sp³-hybridized carbons (Fsp3) is 0.300. The number of aliphatic hydroxyl groups is 1. The summed E-state index contributed by atoms with van der Waals surface area (Å²) in [6.45, 7) is 0.948. The molecule has 5 heteroatoms. The molecule has 0 aliphatic carbocycles. The van der Waals surface area contributed by atoms with Gasteiger partial charge in [0.15, 0.2) is 12.0 Å². The van der Waals surface area contributed by atoms with E-state index < -0.39 is 29.7 Å². The SMILES string of the molecule is CC(=O)C(F)C(O)c1cc(F)cc(F)c1. The summed E-state index contributed by atoms with van der Waals surface area (Å²) < 4.78 is 38.4. The summed E-state index contributed by atoms with van der Waals surface area (Å²) in [7, 11) is 0. The molecule has 0 heterocycles. The number of carbonyl (C=O) groups excluding carboxylic acids is 1. The molecule has 0 aliphatic heterocycles. The van der Waals surface area contributed by atoms with E-state index in [4.69, 9.17) is 0 Å². The third kappa shape index (κ3) is 2.79. The van der Waals surface area contributed by atoms with Crippen LogP contribution in [-0.4, -0.2) is 17.1 Å². The highest BCUT2D eigenvalue weighted by atomic mass is 19.1. The first kappa shape index (κ1) is 11.7. The van der Waals surface area contributed by atoms with E-state index in [-0.39, 0.29) is 5.56 Å². The van der Waals surface area contributed by atoms with Crippen molar-refractivity contribution >= 4 is 5.78 Å². The number of halogens is 3. The van der Waals surface area contributed by atoms with Crippen molar-refractivity contribution in [2.45, 2.75) is 19.2 Å². The first-order chi connectivity index (χ1) is 6.91. The van der Waals surface area contributed by atoms with Gasteiger partial charge in [0.2, 0.25) is 0 Å². The van der Waals surface area contributed by atoms with Crippen molar-refractivity contribution in [1.29, 1.82) is 0 Å². The summed E-state index contributed by atoms with van der Waals surface area (Å²) in [4.78, 5) is 10.6. The summed E-state index contributed by atoms with van der Waals surface area (Å²) in [6.07, 6.45) is -4.01. The lowest BCUT2D eigenvalue weighted by Gasteiger charge is -2.13. The molecule has 0 fully saturated rings. The summed E-state index contributed by atoms with van der Waals surface area (Å²) in [5.41, 5.74) is -0.296. The van der Waals surface area contributed by atoms with Crippen LogP contribution in [0.4, 0.5) is 13.2 Å². The van der Waals surface area contributed by atoms with Crippen molar-refractivity contribution in [3.63, 3.8) is 0 Å². The number of ketones is 1. The Morgan fingerprint density at radius 1 is 1.27 bits per heavy atom. The van der Waals surface area contributed by atoms with Crippen LogP contribution in [0.2, 0.25) is 0 Å². The van der Waals surface area contributed by atoms with Gasteiger partial charge < -0.3 is 5.11 Å². The van der Waals surface area contributed by atoms with Gasteiger partial charge in [-0.1, -0.05) is 0 Å². The monoisotopic (exact) mass is 218 g/mol. The molecule has 0 amide bonds. The standard InChI is InChI=1S/C10H9F3O2/c1-5(14)9(13)10(15)6-2-7(11)4-8(12)3-6/h2-4,9-10,15H,1H3. The minimum atomic E-state index is -2.17. The van der Waals surface area contributed by atoms with Crippen LogP contribution in [0.25, 0.3) is 0 Å². The van der Waals surface area contributed by atoms with Gasteiger partial charge in [0, 0.05) is 6.07 Å². The van der Waals surface area contributed by atoms with Crippen LogP contribution in [0.5, 0.6) is 0 Å². The Bertz CT molecular complexity index is 359. The topological polar surface area (TPSA) is 37.3 Å². The van der Waals surface area contributed by atoms with E-state index in [9.17, 15) is 23.1 Å². The number of hydrogen-bond acceptors (Lipinski definition) is 2. The van der Waals surface area contributed by atoms with Gasteiger partial charge in [-0.05, 0) is 24.6 Å². The van der Waals surface area contributed by atoms with E-state index in [0.717, 1.165) is 19.1 Å². The Balaban J connectivity index is 3.00. The second-order valence-corrected chi connectivity index (χ2v) is 3.16. The molecule has 0 aromatic heterocycles. The summed E-state index contributed by atoms with van der Waals surface area (Å²) >= 11 is 0. The number of alkyl halides is 1. The van der Waals surface area contributed by atoms with Gasteiger partial charge in [0.25, 0.3) is 0 Å². The maximum Gasteiger partial charge on any atom is 0.188 e. The van der Waals surface area contributed by atoms with Crippen molar-refractivity contribution < 1.29 is 23.1 Å². The van der Waals surface area contributed by atoms with Gasteiger partial charge in [-0.15, -0.1) is 0 Å². The molecule has 0 radical (unpaired) electrons. The highest BCUT2D eigenvalue weighted by Gasteiger charge is 2.25. The lowest BCUT2D eigenvalue weighted by atomic mass is 10.0. The van der Waals surface area contributed by atoms with E-state index in [2.05, 4.69) is 0 Å². The van der Waals surface area contributed by atoms with Crippen molar-refractivity contribution in [3.05, 3.63) is 35.4 Å². The van der Waals surface area contributed by atoms with Crippen LogP contribution in [-0.2, 0) is 4.79 Å². The molecule has 1 aromatic carbocycles. The minimum absolute atomic E-state index is 0.296. The van der Waals surface area contributed by atoms with Crippen molar-refractivity contribution in [3.8, 4) is 0 Å². The fourth-order valence-corrected chi connectivity index (χ4v) is 1.14. The number of benzene rings is 1. The maximum absolute atomic E-state index is 13.0. The lowest BCUT2D eigenvalue weighted by Crippen LogP contribution is -2.21. The molecule has 0 bridgehead atoms. The highest BCUT2D eigenvalue weighted by molar-refractivity contribution is 5.81. The Hall–Kier alpha value is -1.36. The first-order valence-corrected chi connectivity index (χ1v) is 4.20. The molecular weight excluding hydrogens is 209 g/mol. The van der Waals surface area contributed by atoms with Crippen molar-refractivity contribution in [2.24, 2.45) is 0 Å². The quantitative estimate of drug-likeness (QED) is 0.841. The van der Waals surface area contributed by atoms with Crippen LogP contribution < -0.4 is 0 Å². The number of carbonyl (C=O) groups is 1. The average Bonchev–Trinajstić information content (AvgIpc) is 2.13. The molecule has 1 aromatic rings. The Kier molecular flexibility index (Phi) is 3.47. The van der Waals surface area contributed by atoms with E-state index in [1.165, 1.54) is 0 Å². The zero-order valence-electron chi connectivity index (χ0n) is 7.88. The van der Waals surface area contributed by atoms with Crippen molar-refractivity contribution in [1.82, 2.24) is 0 Å². The molecule has 15 heavy (non-hydrogen) atoms. The van der Waals surface area contributed by atoms with E-state index >= 15 is 0 Å². The van der Waals surface area contributed by atoms with Gasteiger partial charge >= 0.3 is 0 Å². The zero-order chi connectivity index (χ0) is 11.6. The Morgan fingerprint density at radius 2 is 1.73 bits per heavy atom. The summed E-state index contributed by atoms with van der Waals surface area (Å²) in [6, 6.07) is 2.16. The molecule has 0 saturated carbocycles. The van der Waals surface area contributed by atoms with Gasteiger partial charge in [0.05, 0.1) is 0 Å². The van der Waals surface area contributed by atoms with Crippen LogP contribution >= 0.6 is 0 Å². The molecule has 0 saturated heterocycles. The smallest absolute Gasteiger partial charge is 0.188 e. The van der Waals surface area contributed by atoms with E-state index in [1.54, 1.807) is 0 Å². The third-order valence-corrected chi connectivity index (χ3v) is 1.89. The molecule has 82 valence electrons. The molecule has 0 spiro atoms. The predicted molar refractivity (Wildman–Crippen MR) is 46.9 cm³/mol. The number of Topliss-reactive ketones (excluding diaryl/α,β-unsaturated/α-hetero) is 1. The summed E-state index contributed by atoms with van der Waals surface area (Å²) in [5, 5.41) is 9.28. The van der Waals surface area contributed by atoms with Crippen LogP contribution in [0.1, 0.15) is 18.6 Å². The highest BCUT2D eigenvalue weighted by Crippen LogP contribution is 2.21. The molecule has 1 rings (SSSR count). The van der Waals surface area contributed by atoms with Gasteiger partial charge in [-0.3, -0.25) is 4.79 Å². The predicted octanol–water partition coefficient (Wildman–Crippen LogP) is 1.93. The minimum Gasteiger partial charge on any atom is -0.385 e. The third-order valence-electron chi connectivity index (χ3n) is 1.89. The molecule has 2 unspecified atom stereocenters. The number of rotatable bonds is 3. The average molecular weight is 218 g/mol. The van der Waals surface area contributed by atoms with Crippen molar-refractivity contribution in [2.75, 3.05) is 0 Å². The molecule has 2 atom stereocenters. The molecular formula is C10H9F3O2. The molecule has 2 nitrogen and oxygen atoms in total. The van der Waals surface area contributed by atoms with Crippen LogP contribution in [0.3, 0.4) is 0 Å². The van der Waals surface area contributed by atoms with Gasteiger partial charge in [-0.25, -0.2) is 13.2 Å². The summed E-state index contributed by atoms with van der Waals surface area (Å²) in [5.74, 6) is -2.76. The first-order valence-electron chi connectivity index (χ1n) is 4.20. The fourth-order valence-electron chi connectivity index (χ4n) is 1.14.